The minimum Gasteiger partial charge on any atom is -0.351 e. The molecule has 2 atom stereocenters. The van der Waals surface area contributed by atoms with Crippen molar-refractivity contribution in [3.63, 3.8) is 0 Å². The number of alkyl halides is 1. The van der Waals surface area contributed by atoms with Gasteiger partial charge in [0.1, 0.15) is 0 Å². The van der Waals surface area contributed by atoms with Gasteiger partial charge in [-0.05, 0) is 11.3 Å². The average Bonchev–Trinajstić information content (AvgIpc) is 2.14. The molecule has 0 aromatic carbocycles. The predicted molar refractivity (Wildman–Crippen MR) is 49.4 cm³/mol. The van der Waals surface area contributed by atoms with Crippen LogP contribution in [0.5, 0.6) is 0 Å². The number of hydrogen-bond acceptors (Lipinski definition) is 2. The van der Waals surface area contributed by atoms with Crippen LogP contribution in [-0.4, -0.2) is 25.4 Å². The molecule has 1 fully saturated rings. The van der Waals surface area contributed by atoms with E-state index in [-0.39, 0.29) is 11.7 Å². The maximum Gasteiger partial charge on any atom is 0.171 e. The van der Waals surface area contributed by atoms with Gasteiger partial charge >= 0.3 is 0 Å². The van der Waals surface area contributed by atoms with E-state index in [0.29, 0.717) is 11.8 Å². The topological polar surface area (TPSA) is 18.5 Å². The van der Waals surface area contributed by atoms with Crippen molar-refractivity contribution < 1.29 is 9.47 Å². The number of ether oxygens (including phenoxy) is 2. The standard InChI is InChI=1S/C9H17ClO2/c1-7-5-11-8(4-10)12-6-9(7,2)3/h7-8H,4-6H2,1-3H3. The molecule has 0 bridgehead atoms. The van der Waals surface area contributed by atoms with Crippen molar-refractivity contribution in [1.82, 2.24) is 0 Å². The number of halogens is 1. The van der Waals surface area contributed by atoms with Crippen LogP contribution >= 0.6 is 11.6 Å². The minimum atomic E-state index is -0.212. The third kappa shape index (κ3) is 2.35. The summed E-state index contributed by atoms with van der Waals surface area (Å²) in [5.74, 6) is 0.939. The lowest BCUT2D eigenvalue weighted by Gasteiger charge is -2.27. The van der Waals surface area contributed by atoms with E-state index < -0.39 is 0 Å². The van der Waals surface area contributed by atoms with Gasteiger partial charge < -0.3 is 9.47 Å². The Hall–Kier alpha value is 0.210. The fraction of sp³-hybridized carbons (Fsp3) is 1.00. The Labute approximate surface area is 79.2 Å². The molecule has 1 aliphatic heterocycles. The van der Waals surface area contributed by atoms with Crippen LogP contribution in [0.25, 0.3) is 0 Å². The fourth-order valence-electron chi connectivity index (χ4n) is 1.06. The zero-order valence-corrected chi connectivity index (χ0v) is 8.73. The molecule has 2 nitrogen and oxygen atoms in total. The summed E-state index contributed by atoms with van der Waals surface area (Å²) in [4.78, 5) is 0. The van der Waals surface area contributed by atoms with Crippen molar-refractivity contribution in [2.45, 2.75) is 27.1 Å². The van der Waals surface area contributed by atoms with E-state index >= 15 is 0 Å². The van der Waals surface area contributed by atoms with E-state index in [4.69, 9.17) is 21.1 Å². The molecule has 1 heterocycles. The van der Waals surface area contributed by atoms with Gasteiger partial charge in [-0.25, -0.2) is 0 Å². The lowest BCUT2D eigenvalue weighted by molar-refractivity contribution is -0.117. The first-order valence-electron chi connectivity index (χ1n) is 4.35. The van der Waals surface area contributed by atoms with Crippen LogP contribution in [0.3, 0.4) is 0 Å². The number of hydrogen-bond donors (Lipinski definition) is 0. The highest BCUT2D eigenvalue weighted by molar-refractivity contribution is 6.18. The molecule has 0 N–H and O–H groups in total. The molecule has 1 rings (SSSR count). The summed E-state index contributed by atoms with van der Waals surface area (Å²) < 4.78 is 10.9. The van der Waals surface area contributed by atoms with E-state index in [9.17, 15) is 0 Å². The third-order valence-electron chi connectivity index (χ3n) is 2.63. The van der Waals surface area contributed by atoms with E-state index in [1.54, 1.807) is 0 Å². The van der Waals surface area contributed by atoms with Crippen LogP contribution in [0.1, 0.15) is 20.8 Å². The largest absolute Gasteiger partial charge is 0.351 e. The smallest absolute Gasteiger partial charge is 0.171 e. The van der Waals surface area contributed by atoms with Crippen LogP contribution in [0.4, 0.5) is 0 Å². The molecule has 0 radical (unpaired) electrons. The summed E-state index contributed by atoms with van der Waals surface area (Å²) in [6, 6.07) is 0. The summed E-state index contributed by atoms with van der Waals surface area (Å²) in [6.45, 7) is 8.03. The Bertz CT molecular complexity index is 147. The van der Waals surface area contributed by atoms with Crippen LogP contribution < -0.4 is 0 Å². The second kappa shape index (κ2) is 3.95. The molecule has 3 heteroatoms. The number of rotatable bonds is 1. The second-order valence-electron chi connectivity index (χ2n) is 4.12. The Kier molecular flexibility index (Phi) is 3.38. The van der Waals surface area contributed by atoms with E-state index in [1.807, 2.05) is 0 Å². The van der Waals surface area contributed by atoms with Gasteiger partial charge in [0.15, 0.2) is 6.29 Å². The minimum absolute atomic E-state index is 0.195. The van der Waals surface area contributed by atoms with Gasteiger partial charge in [-0.2, -0.15) is 0 Å². The molecule has 72 valence electrons. The summed E-state index contributed by atoms with van der Waals surface area (Å²) in [5.41, 5.74) is 0.195. The molecule has 12 heavy (non-hydrogen) atoms. The van der Waals surface area contributed by atoms with Gasteiger partial charge in [0.05, 0.1) is 19.1 Å². The van der Waals surface area contributed by atoms with Crippen molar-refractivity contribution in [2.75, 3.05) is 19.1 Å². The quantitative estimate of drug-likeness (QED) is 0.594. The molecule has 0 aromatic heterocycles. The molecular formula is C9H17ClO2. The zero-order valence-electron chi connectivity index (χ0n) is 7.97. The summed E-state index contributed by atoms with van der Waals surface area (Å²) in [7, 11) is 0. The monoisotopic (exact) mass is 192 g/mol. The first kappa shape index (κ1) is 10.3. The molecule has 0 amide bonds. The van der Waals surface area contributed by atoms with Crippen molar-refractivity contribution in [3.05, 3.63) is 0 Å². The molecular weight excluding hydrogens is 176 g/mol. The molecule has 0 spiro atoms. The molecule has 0 saturated carbocycles. The van der Waals surface area contributed by atoms with Crippen LogP contribution in [0.2, 0.25) is 0 Å². The molecule has 2 unspecified atom stereocenters. The Morgan fingerprint density at radius 1 is 1.42 bits per heavy atom. The van der Waals surface area contributed by atoms with Crippen molar-refractivity contribution in [1.29, 1.82) is 0 Å². The second-order valence-corrected chi connectivity index (χ2v) is 4.43. The van der Waals surface area contributed by atoms with Crippen molar-refractivity contribution in [3.8, 4) is 0 Å². The van der Waals surface area contributed by atoms with E-state index in [0.717, 1.165) is 13.2 Å². The Balaban J connectivity index is 2.53. The summed E-state index contributed by atoms with van der Waals surface area (Å²) >= 11 is 5.64. The fourth-order valence-corrected chi connectivity index (χ4v) is 1.24. The summed E-state index contributed by atoms with van der Waals surface area (Å²) in [6.07, 6.45) is -0.212. The first-order chi connectivity index (χ1) is 5.56. The maximum atomic E-state index is 5.64. The van der Waals surface area contributed by atoms with Gasteiger partial charge in [-0.1, -0.05) is 20.8 Å². The molecule has 0 aliphatic carbocycles. The Morgan fingerprint density at radius 2 is 2.08 bits per heavy atom. The molecule has 1 saturated heterocycles. The lowest BCUT2D eigenvalue weighted by Crippen LogP contribution is -2.27. The Morgan fingerprint density at radius 3 is 2.67 bits per heavy atom. The first-order valence-corrected chi connectivity index (χ1v) is 4.89. The highest BCUT2D eigenvalue weighted by Gasteiger charge is 2.31. The highest BCUT2D eigenvalue weighted by Crippen LogP contribution is 2.30. The van der Waals surface area contributed by atoms with Gasteiger partial charge in [0.2, 0.25) is 0 Å². The molecule has 1 aliphatic rings. The normalized spacial score (nSPS) is 36.0. The zero-order chi connectivity index (χ0) is 9.19. The van der Waals surface area contributed by atoms with Gasteiger partial charge in [-0.3, -0.25) is 0 Å². The van der Waals surface area contributed by atoms with Gasteiger partial charge in [0, 0.05) is 0 Å². The van der Waals surface area contributed by atoms with Crippen LogP contribution in [0, 0.1) is 11.3 Å². The van der Waals surface area contributed by atoms with Gasteiger partial charge in [0.25, 0.3) is 0 Å². The van der Waals surface area contributed by atoms with Gasteiger partial charge in [-0.15, -0.1) is 11.6 Å². The predicted octanol–water partition coefficient (Wildman–Crippen LogP) is 2.26. The highest BCUT2D eigenvalue weighted by atomic mass is 35.5. The SMILES string of the molecule is CC1COC(CCl)OCC1(C)C. The third-order valence-corrected chi connectivity index (χ3v) is 2.89. The van der Waals surface area contributed by atoms with Crippen LogP contribution in [0.15, 0.2) is 0 Å². The maximum absolute atomic E-state index is 5.64. The van der Waals surface area contributed by atoms with Crippen LogP contribution in [-0.2, 0) is 9.47 Å². The van der Waals surface area contributed by atoms with E-state index in [2.05, 4.69) is 20.8 Å². The van der Waals surface area contributed by atoms with E-state index in [1.165, 1.54) is 0 Å². The van der Waals surface area contributed by atoms with Crippen molar-refractivity contribution in [2.24, 2.45) is 11.3 Å². The average molecular weight is 193 g/mol. The van der Waals surface area contributed by atoms with Crippen molar-refractivity contribution >= 4 is 11.6 Å². The molecule has 0 aromatic rings. The lowest BCUT2D eigenvalue weighted by atomic mass is 9.81. The summed E-state index contributed by atoms with van der Waals surface area (Å²) in [5, 5.41) is 0.